The summed E-state index contributed by atoms with van der Waals surface area (Å²) in [6, 6.07) is 0. The average Bonchev–Trinajstić information content (AvgIpc) is 2.81. The van der Waals surface area contributed by atoms with Crippen molar-refractivity contribution < 1.29 is 24.1 Å². The first-order chi connectivity index (χ1) is 5.24. The molecule has 5 nitrogen and oxygen atoms in total. The quantitative estimate of drug-likeness (QED) is 0.254. The largest absolute Gasteiger partial charge is 0.450 e. The van der Waals surface area contributed by atoms with Gasteiger partial charge in [0, 0.05) is 17.0 Å². The molecule has 1 aliphatic heterocycles. The van der Waals surface area contributed by atoms with Crippen LogP contribution in [0, 0.1) is 0 Å². The van der Waals surface area contributed by atoms with Gasteiger partial charge in [0.05, 0.1) is 0 Å². The minimum Gasteiger partial charge on any atom is -0.450 e. The summed E-state index contributed by atoms with van der Waals surface area (Å²) in [6.45, 7) is 3.09. The summed E-state index contributed by atoms with van der Waals surface area (Å²) in [4.78, 5) is 28.7. The Kier molecular flexibility index (Phi) is 3.78. The molecule has 0 spiro atoms. The fourth-order valence-electron chi connectivity index (χ4n) is 0.280. The van der Waals surface area contributed by atoms with Crippen molar-refractivity contribution in [3.05, 3.63) is 24.7 Å². The van der Waals surface area contributed by atoms with E-state index in [0.29, 0.717) is 0 Å². The van der Waals surface area contributed by atoms with Crippen molar-refractivity contribution in [1.29, 1.82) is 0 Å². The van der Waals surface area contributed by atoms with Crippen molar-refractivity contribution in [2.24, 2.45) is 0 Å². The second-order valence-electron chi connectivity index (χ2n) is 1.58. The minimum atomic E-state index is -0.834. The van der Waals surface area contributed by atoms with Crippen LogP contribution in [0.4, 0.5) is 0 Å². The van der Waals surface area contributed by atoms with Crippen molar-refractivity contribution >= 4 is 22.9 Å². The number of carbonyl (C=O) groups excluding carboxylic acids is 2. The van der Waals surface area contributed by atoms with Gasteiger partial charge < -0.3 is 4.74 Å². The monoisotopic (exact) mass is 184 g/mol. The predicted molar refractivity (Wildman–Crippen MR) is 37.3 cm³/mol. The van der Waals surface area contributed by atoms with Gasteiger partial charge in [0.15, 0.2) is 0 Å². The van der Waals surface area contributed by atoms with Crippen LogP contribution in [-0.2, 0) is 24.1 Å². The number of hydrogen-bond donors (Lipinski definition) is 0. The van der Waals surface area contributed by atoms with Gasteiger partial charge in [0.1, 0.15) is 6.26 Å². The lowest BCUT2D eigenvalue weighted by Crippen LogP contribution is -2.07. The number of rotatable bonds is 2. The molecule has 6 heteroatoms. The SMILES string of the molecule is C=CC(=O)OOC(=O)C1=CO1.[Si]. The Morgan fingerprint density at radius 3 is 2.50 bits per heavy atom. The molecule has 0 saturated heterocycles. The zero-order valence-electron chi connectivity index (χ0n) is 5.90. The molecule has 1 rings (SSSR count). The Morgan fingerprint density at radius 1 is 1.50 bits per heavy atom. The summed E-state index contributed by atoms with van der Waals surface area (Å²) in [5.41, 5.74) is 0. The van der Waals surface area contributed by atoms with Crippen LogP contribution in [0.5, 0.6) is 0 Å². The van der Waals surface area contributed by atoms with Gasteiger partial charge in [-0.1, -0.05) is 6.58 Å². The first-order valence-corrected chi connectivity index (χ1v) is 2.66. The first kappa shape index (κ1) is 10.4. The predicted octanol–water partition coefficient (Wildman–Crippen LogP) is -0.335. The highest BCUT2D eigenvalue weighted by Crippen LogP contribution is 2.14. The van der Waals surface area contributed by atoms with E-state index in [-0.39, 0.29) is 16.7 Å². The molecule has 1 aliphatic rings. The maximum absolute atomic E-state index is 10.5. The van der Waals surface area contributed by atoms with Crippen molar-refractivity contribution in [2.75, 3.05) is 0 Å². The van der Waals surface area contributed by atoms with Gasteiger partial charge in [-0.05, 0) is 0 Å². The molecule has 0 fully saturated rings. The van der Waals surface area contributed by atoms with E-state index in [1.54, 1.807) is 0 Å². The van der Waals surface area contributed by atoms with Gasteiger partial charge in [-0.25, -0.2) is 19.4 Å². The van der Waals surface area contributed by atoms with Crippen molar-refractivity contribution in [3.8, 4) is 0 Å². The van der Waals surface area contributed by atoms with E-state index in [0.717, 1.165) is 6.08 Å². The van der Waals surface area contributed by atoms with E-state index in [4.69, 9.17) is 0 Å². The van der Waals surface area contributed by atoms with Crippen LogP contribution in [-0.4, -0.2) is 22.9 Å². The third-order valence-corrected chi connectivity index (χ3v) is 0.803. The van der Waals surface area contributed by atoms with Crippen molar-refractivity contribution in [3.63, 3.8) is 0 Å². The second-order valence-corrected chi connectivity index (χ2v) is 1.58. The second kappa shape index (κ2) is 4.34. The summed E-state index contributed by atoms with van der Waals surface area (Å²) in [6.07, 6.45) is 2.04. The Morgan fingerprint density at radius 2 is 2.08 bits per heavy atom. The molecule has 12 heavy (non-hydrogen) atoms. The average molecular weight is 184 g/mol. The third-order valence-electron chi connectivity index (χ3n) is 0.803. The van der Waals surface area contributed by atoms with Gasteiger partial charge in [-0.2, -0.15) is 0 Å². The highest BCUT2D eigenvalue weighted by Gasteiger charge is 2.24. The topological polar surface area (TPSA) is 65.1 Å². The van der Waals surface area contributed by atoms with Crippen LogP contribution in [0.3, 0.4) is 0 Å². The first-order valence-electron chi connectivity index (χ1n) is 2.66. The van der Waals surface area contributed by atoms with Gasteiger partial charge >= 0.3 is 11.9 Å². The molecule has 0 unspecified atom stereocenters. The minimum absolute atomic E-state index is 0. The molecule has 0 aromatic rings. The van der Waals surface area contributed by atoms with Crippen LogP contribution in [0.2, 0.25) is 0 Å². The summed E-state index contributed by atoms with van der Waals surface area (Å²) in [7, 11) is 0. The maximum atomic E-state index is 10.5. The lowest BCUT2D eigenvalue weighted by atomic mass is 10.6. The zero-order chi connectivity index (χ0) is 8.27. The molecular weight excluding hydrogens is 180 g/mol. The lowest BCUT2D eigenvalue weighted by Gasteiger charge is -1.94. The molecule has 0 aromatic carbocycles. The summed E-state index contributed by atoms with van der Waals surface area (Å²) in [5, 5.41) is 0. The highest BCUT2D eigenvalue weighted by atomic mass is 28.1. The fraction of sp³-hybridized carbons (Fsp3) is 0. The molecule has 0 saturated carbocycles. The van der Waals surface area contributed by atoms with Crippen LogP contribution in [0.1, 0.15) is 0 Å². The van der Waals surface area contributed by atoms with Crippen molar-refractivity contribution in [1.82, 2.24) is 0 Å². The van der Waals surface area contributed by atoms with Crippen LogP contribution in [0.15, 0.2) is 24.7 Å². The molecule has 0 amide bonds. The Hall–Kier alpha value is -1.56. The van der Waals surface area contributed by atoms with Crippen molar-refractivity contribution in [2.45, 2.75) is 0 Å². The number of hydrogen-bond acceptors (Lipinski definition) is 5. The Bertz CT molecular complexity index is 244. The Balaban J connectivity index is 0.00000121. The van der Waals surface area contributed by atoms with Gasteiger partial charge in [-0.3, -0.25) is 0 Å². The molecule has 62 valence electrons. The molecule has 4 radical (unpaired) electrons. The van der Waals surface area contributed by atoms with Gasteiger partial charge in [-0.15, -0.1) is 0 Å². The van der Waals surface area contributed by atoms with E-state index >= 15 is 0 Å². The van der Waals surface area contributed by atoms with E-state index in [1.807, 2.05) is 0 Å². The molecule has 0 aliphatic carbocycles. The zero-order valence-corrected chi connectivity index (χ0v) is 6.90. The standard InChI is InChI=1S/C6H4O5.Si/c1-2-5(7)10-11-6(8)4-3-9-4;/h2-3H,1H2;. The molecule has 0 N–H and O–H groups in total. The maximum Gasteiger partial charge on any atom is 0.424 e. The third kappa shape index (κ3) is 3.02. The summed E-state index contributed by atoms with van der Waals surface area (Å²) in [5.74, 6) is -1.64. The van der Waals surface area contributed by atoms with E-state index in [9.17, 15) is 9.59 Å². The molecule has 1 heterocycles. The number of ether oxygens (including phenoxy) is 1. The Labute approximate surface area is 72.5 Å². The molecule has 0 aromatic heterocycles. The summed E-state index contributed by atoms with van der Waals surface area (Å²) < 4.78 is 4.34. The molecular formula is C6H4O5Si. The number of carbonyl (C=O) groups is 2. The van der Waals surface area contributed by atoms with Crippen LogP contribution >= 0.6 is 0 Å². The fourth-order valence-corrected chi connectivity index (χ4v) is 0.280. The van der Waals surface area contributed by atoms with E-state index in [1.165, 1.54) is 6.26 Å². The van der Waals surface area contributed by atoms with Crippen LogP contribution in [0.25, 0.3) is 0 Å². The smallest absolute Gasteiger partial charge is 0.424 e. The van der Waals surface area contributed by atoms with Gasteiger partial charge in [0.25, 0.3) is 5.76 Å². The lowest BCUT2D eigenvalue weighted by molar-refractivity contribution is -0.252. The molecule has 0 bridgehead atoms. The van der Waals surface area contributed by atoms with E-state index < -0.39 is 11.9 Å². The van der Waals surface area contributed by atoms with Gasteiger partial charge in [0.2, 0.25) is 0 Å². The molecule has 0 atom stereocenters. The normalized spacial score (nSPS) is 11.2. The van der Waals surface area contributed by atoms with E-state index in [2.05, 4.69) is 21.1 Å². The van der Waals surface area contributed by atoms with Crippen LogP contribution < -0.4 is 0 Å². The highest BCUT2D eigenvalue weighted by molar-refractivity contribution is 5.89. The summed E-state index contributed by atoms with van der Waals surface area (Å²) >= 11 is 0.